The number of ether oxygens (including phenoxy) is 2. The molecule has 0 aliphatic carbocycles. The van der Waals surface area contributed by atoms with Gasteiger partial charge in [-0.25, -0.2) is 9.79 Å². The van der Waals surface area contributed by atoms with Crippen LogP contribution in [0.25, 0.3) is 16.2 Å². The average molecular weight is 418 g/mol. The summed E-state index contributed by atoms with van der Waals surface area (Å²) < 4.78 is 11.4. The normalized spacial score (nSPS) is 15.3. The molecular weight excluding hydrogens is 405 g/mol. The van der Waals surface area contributed by atoms with Gasteiger partial charge < -0.3 is 9.47 Å². The molecule has 0 N–H and O–H groups in total. The number of benzene rings is 2. The van der Waals surface area contributed by atoms with Gasteiger partial charge in [0.25, 0.3) is 0 Å². The highest BCUT2D eigenvalue weighted by molar-refractivity contribution is 7.22. The first-order valence-electron chi connectivity index (χ1n) is 8.02. The number of methoxy groups -OCH3 is 1. The fourth-order valence-corrected chi connectivity index (χ4v) is 4.62. The lowest BCUT2D eigenvalue weighted by molar-refractivity contribution is -0.129. The van der Waals surface area contributed by atoms with Gasteiger partial charge >= 0.3 is 5.97 Å². The Hall–Kier alpha value is -2.34. The second kappa shape index (κ2) is 7.00. The van der Waals surface area contributed by atoms with Crippen LogP contribution in [0, 0.1) is 6.92 Å². The lowest BCUT2D eigenvalue weighted by Gasteiger charge is -2.02. The zero-order chi connectivity index (χ0) is 19.1. The van der Waals surface area contributed by atoms with Crippen molar-refractivity contribution in [1.82, 2.24) is 0 Å². The second-order valence-corrected chi connectivity index (χ2v) is 7.73. The highest BCUT2D eigenvalue weighted by Gasteiger charge is 2.28. The quantitative estimate of drug-likeness (QED) is 0.395. The van der Waals surface area contributed by atoms with Gasteiger partial charge in [0, 0.05) is 5.39 Å². The molecule has 1 aromatic heterocycles. The molecule has 0 saturated carbocycles. The molecule has 0 radical (unpaired) electrons. The Bertz CT molecular complexity index is 1150. The zero-order valence-electron chi connectivity index (χ0n) is 14.4. The number of hydrogen-bond donors (Lipinski definition) is 0. The third-order valence-corrected chi connectivity index (χ3v) is 6.28. The van der Waals surface area contributed by atoms with E-state index in [4.69, 9.17) is 32.7 Å². The summed E-state index contributed by atoms with van der Waals surface area (Å²) >= 11 is 14.2. The maximum atomic E-state index is 12.3. The number of nitrogens with zero attached hydrogens (tertiary/aromatic N) is 1. The molecule has 7 heteroatoms. The van der Waals surface area contributed by atoms with E-state index in [0.717, 1.165) is 21.2 Å². The summed E-state index contributed by atoms with van der Waals surface area (Å²) in [5.41, 5.74) is 2.20. The van der Waals surface area contributed by atoms with Gasteiger partial charge in [0.05, 0.1) is 16.8 Å². The van der Waals surface area contributed by atoms with Crippen LogP contribution in [0.2, 0.25) is 10.0 Å². The molecule has 1 aliphatic heterocycles. The number of aliphatic imine (C=N–C) groups is 1. The minimum atomic E-state index is -0.510. The number of hydrogen-bond acceptors (Lipinski definition) is 5. The van der Waals surface area contributed by atoms with E-state index >= 15 is 0 Å². The van der Waals surface area contributed by atoms with E-state index in [9.17, 15) is 4.79 Å². The minimum Gasteiger partial charge on any atom is -0.495 e. The maximum Gasteiger partial charge on any atom is 0.363 e. The summed E-state index contributed by atoms with van der Waals surface area (Å²) in [7, 11) is 1.55. The molecule has 4 rings (SSSR count). The smallest absolute Gasteiger partial charge is 0.363 e. The lowest BCUT2D eigenvalue weighted by Crippen LogP contribution is -2.04. The SMILES string of the molecule is COc1ccc2c(Cl)c(C3=N/C(=C\c4cccc(C)c4)C(=O)O3)sc2c1Cl. The lowest BCUT2D eigenvalue weighted by atomic mass is 10.1. The third kappa shape index (κ3) is 3.23. The number of carbonyl (C=O) groups excluding carboxylic acids is 1. The van der Waals surface area contributed by atoms with Crippen LogP contribution in [0.4, 0.5) is 0 Å². The number of esters is 1. The van der Waals surface area contributed by atoms with Crippen molar-refractivity contribution >= 4 is 62.6 Å². The van der Waals surface area contributed by atoms with E-state index < -0.39 is 5.97 Å². The molecule has 0 saturated heterocycles. The molecule has 136 valence electrons. The van der Waals surface area contributed by atoms with Gasteiger partial charge in [0.1, 0.15) is 15.6 Å². The summed E-state index contributed by atoms with van der Waals surface area (Å²) in [5, 5.41) is 1.67. The van der Waals surface area contributed by atoms with Gasteiger partial charge in [-0.3, -0.25) is 0 Å². The summed E-state index contributed by atoms with van der Waals surface area (Å²) in [5.74, 6) is 0.225. The molecule has 0 bridgehead atoms. The number of thiophene rings is 1. The maximum absolute atomic E-state index is 12.3. The Morgan fingerprint density at radius 2 is 2.00 bits per heavy atom. The van der Waals surface area contributed by atoms with Gasteiger partial charge in [-0.1, -0.05) is 53.0 Å². The van der Waals surface area contributed by atoms with Crippen molar-refractivity contribution < 1.29 is 14.3 Å². The van der Waals surface area contributed by atoms with Crippen molar-refractivity contribution in [2.24, 2.45) is 4.99 Å². The van der Waals surface area contributed by atoms with E-state index in [-0.39, 0.29) is 11.6 Å². The molecule has 0 fully saturated rings. The first-order valence-corrected chi connectivity index (χ1v) is 9.59. The van der Waals surface area contributed by atoms with E-state index in [1.807, 2.05) is 37.3 Å². The average Bonchev–Trinajstić information content (AvgIpc) is 3.16. The van der Waals surface area contributed by atoms with Gasteiger partial charge in [-0.15, -0.1) is 11.3 Å². The Kier molecular flexibility index (Phi) is 4.68. The molecule has 2 heterocycles. The topological polar surface area (TPSA) is 47.9 Å². The summed E-state index contributed by atoms with van der Waals surface area (Å²) in [6.07, 6.45) is 1.69. The van der Waals surface area contributed by atoms with Crippen LogP contribution in [0.1, 0.15) is 16.0 Å². The number of carbonyl (C=O) groups is 1. The van der Waals surface area contributed by atoms with Crippen LogP contribution >= 0.6 is 34.5 Å². The molecule has 3 aromatic rings. The van der Waals surface area contributed by atoms with Crippen molar-refractivity contribution in [3.8, 4) is 5.75 Å². The van der Waals surface area contributed by atoms with Crippen molar-refractivity contribution in [2.45, 2.75) is 6.92 Å². The minimum absolute atomic E-state index is 0.181. The Morgan fingerprint density at radius 3 is 2.74 bits per heavy atom. The van der Waals surface area contributed by atoms with Crippen LogP contribution in [0.5, 0.6) is 5.75 Å². The Morgan fingerprint density at radius 1 is 1.19 bits per heavy atom. The van der Waals surface area contributed by atoms with E-state index in [0.29, 0.717) is 20.7 Å². The van der Waals surface area contributed by atoms with Crippen molar-refractivity contribution in [2.75, 3.05) is 7.11 Å². The number of fused-ring (bicyclic) bond motifs is 1. The number of cyclic esters (lactones) is 1. The largest absolute Gasteiger partial charge is 0.495 e. The number of aryl methyl sites for hydroxylation is 1. The molecule has 4 nitrogen and oxygen atoms in total. The fourth-order valence-electron chi connectivity index (χ4n) is 2.80. The van der Waals surface area contributed by atoms with Gasteiger partial charge in [-0.05, 0) is 30.7 Å². The van der Waals surface area contributed by atoms with E-state index in [1.165, 1.54) is 11.3 Å². The third-order valence-electron chi connectivity index (χ3n) is 4.08. The fraction of sp³-hybridized carbons (Fsp3) is 0.100. The van der Waals surface area contributed by atoms with E-state index in [1.54, 1.807) is 19.3 Å². The van der Waals surface area contributed by atoms with Crippen molar-refractivity contribution in [3.63, 3.8) is 0 Å². The molecule has 0 amide bonds. The summed E-state index contributed by atoms with van der Waals surface area (Å²) in [4.78, 5) is 17.2. The molecule has 27 heavy (non-hydrogen) atoms. The molecule has 0 unspecified atom stereocenters. The predicted octanol–water partition coefficient (Wildman–Crippen LogP) is 5.87. The van der Waals surface area contributed by atoms with E-state index in [2.05, 4.69) is 4.99 Å². The highest BCUT2D eigenvalue weighted by atomic mass is 35.5. The zero-order valence-corrected chi connectivity index (χ0v) is 16.7. The standard InChI is InChI=1S/C20H13Cl2NO3S/c1-10-4-3-5-11(8-10)9-13-20(24)26-19(23-13)18-15(21)12-6-7-14(25-2)16(22)17(12)27-18/h3-9H,1-2H3/b13-9-. The van der Waals surface area contributed by atoms with Gasteiger partial charge in [0.2, 0.25) is 5.90 Å². The van der Waals surface area contributed by atoms with Gasteiger partial charge in [0.15, 0.2) is 5.70 Å². The van der Waals surface area contributed by atoms with Crippen molar-refractivity contribution in [3.05, 3.63) is 68.1 Å². The first kappa shape index (κ1) is 18.0. The van der Waals surface area contributed by atoms with Crippen LogP contribution in [0.15, 0.2) is 47.1 Å². The summed E-state index contributed by atoms with van der Waals surface area (Å²) in [6.45, 7) is 1.98. The Labute approximate surface area is 169 Å². The van der Waals surface area contributed by atoms with Crippen LogP contribution in [-0.2, 0) is 9.53 Å². The molecule has 0 spiro atoms. The van der Waals surface area contributed by atoms with Crippen molar-refractivity contribution in [1.29, 1.82) is 0 Å². The highest BCUT2D eigenvalue weighted by Crippen LogP contribution is 2.44. The Balaban J connectivity index is 1.79. The number of halogens is 2. The van der Waals surface area contributed by atoms with Crippen LogP contribution in [0.3, 0.4) is 0 Å². The second-order valence-electron chi connectivity index (χ2n) is 5.95. The predicted molar refractivity (Wildman–Crippen MR) is 110 cm³/mol. The van der Waals surface area contributed by atoms with Gasteiger partial charge in [-0.2, -0.15) is 0 Å². The number of rotatable bonds is 3. The monoisotopic (exact) mass is 417 g/mol. The molecule has 2 aromatic carbocycles. The first-order chi connectivity index (χ1) is 13.0. The van der Waals surface area contributed by atoms with Crippen LogP contribution in [-0.4, -0.2) is 19.0 Å². The molecule has 0 atom stereocenters. The summed E-state index contributed by atoms with van der Waals surface area (Å²) in [6, 6.07) is 11.3. The molecule has 1 aliphatic rings. The van der Waals surface area contributed by atoms with Crippen LogP contribution < -0.4 is 4.74 Å². The molecular formula is C20H13Cl2NO3S.